The van der Waals surface area contributed by atoms with Crippen molar-refractivity contribution in [2.24, 2.45) is 0 Å². The Morgan fingerprint density at radius 2 is 2.00 bits per heavy atom. The van der Waals surface area contributed by atoms with Crippen LogP contribution in [0.4, 0.5) is 11.4 Å². The van der Waals surface area contributed by atoms with Crippen LogP contribution in [-0.2, 0) is 0 Å². The van der Waals surface area contributed by atoms with Gasteiger partial charge in [-0.15, -0.1) is 0 Å². The van der Waals surface area contributed by atoms with Gasteiger partial charge in [0.25, 0.3) is 5.91 Å². The van der Waals surface area contributed by atoms with E-state index < -0.39 is 5.91 Å². The molecule has 0 spiro atoms. The van der Waals surface area contributed by atoms with Crippen LogP contribution in [0.25, 0.3) is 0 Å². The molecular weight excluding hydrogens is 273 g/mol. The second-order valence-electron chi connectivity index (χ2n) is 3.50. The van der Waals surface area contributed by atoms with Gasteiger partial charge in [-0.2, -0.15) is 0 Å². The van der Waals surface area contributed by atoms with E-state index in [0.717, 1.165) is 0 Å². The predicted molar refractivity (Wildman–Crippen MR) is 73.1 cm³/mol. The largest absolute Gasteiger partial charge is 0.398 e. The lowest BCUT2D eigenvalue weighted by molar-refractivity contribution is 0.102. The Bertz CT molecular complexity index is 581. The molecule has 3 N–H and O–H groups in total. The number of hydrogen-bond donors (Lipinski definition) is 2. The maximum Gasteiger partial charge on any atom is 0.259 e. The van der Waals surface area contributed by atoms with Crippen LogP contribution < -0.4 is 11.1 Å². The molecule has 2 aromatic rings. The number of amides is 1. The molecule has 0 unspecified atom stereocenters. The second-order valence-corrected chi connectivity index (χ2v) is 4.27. The lowest BCUT2D eigenvalue weighted by atomic mass is 10.1. The van der Waals surface area contributed by atoms with Crippen molar-refractivity contribution in [3.63, 3.8) is 0 Å². The Labute approximate surface area is 114 Å². The van der Waals surface area contributed by atoms with Crippen molar-refractivity contribution >= 4 is 40.5 Å². The summed E-state index contributed by atoms with van der Waals surface area (Å²) in [6.45, 7) is 0. The number of hydrogen-bond acceptors (Lipinski definition) is 3. The molecule has 1 heterocycles. The third-order valence-electron chi connectivity index (χ3n) is 2.28. The van der Waals surface area contributed by atoms with Crippen molar-refractivity contribution in [2.45, 2.75) is 0 Å². The quantitative estimate of drug-likeness (QED) is 0.656. The highest BCUT2D eigenvalue weighted by molar-refractivity contribution is 6.36. The van der Waals surface area contributed by atoms with Crippen LogP contribution in [0.3, 0.4) is 0 Å². The summed E-state index contributed by atoms with van der Waals surface area (Å²) in [4.78, 5) is 15.9. The predicted octanol–water partition coefficient (Wildman–Crippen LogP) is 3.22. The van der Waals surface area contributed by atoms with Crippen LogP contribution in [0, 0.1) is 0 Å². The van der Waals surface area contributed by atoms with Gasteiger partial charge in [0.05, 0.1) is 16.3 Å². The molecule has 1 aromatic heterocycles. The van der Waals surface area contributed by atoms with E-state index in [1.807, 2.05) is 0 Å². The molecule has 0 radical (unpaired) electrons. The molecule has 0 aliphatic rings. The van der Waals surface area contributed by atoms with Crippen molar-refractivity contribution < 1.29 is 4.79 Å². The molecule has 18 heavy (non-hydrogen) atoms. The van der Waals surface area contributed by atoms with Crippen molar-refractivity contribution in [1.29, 1.82) is 0 Å². The fraction of sp³-hybridized carbons (Fsp3) is 0. The van der Waals surface area contributed by atoms with E-state index in [4.69, 9.17) is 28.9 Å². The molecule has 0 saturated carbocycles. The van der Waals surface area contributed by atoms with Gasteiger partial charge in [0.2, 0.25) is 0 Å². The van der Waals surface area contributed by atoms with Crippen LogP contribution in [0.2, 0.25) is 10.2 Å². The van der Waals surface area contributed by atoms with Gasteiger partial charge in [-0.1, -0.05) is 29.3 Å². The van der Waals surface area contributed by atoms with Gasteiger partial charge in [-0.3, -0.25) is 4.79 Å². The maximum atomic E-state index is 12.0. The zero-order valence-corrected chi connectivity index (χ0v) is 10.7. The number of carbonyl (C=O) groups excluding carboxylic acids is 1. The average molecular weight is 282 g/mol. The Morgan fingerprint density at radius 3 is 2.67 bits per heavy atom. The average Bonchev–Trinajstić information content (AvgIpc) is 2.32. The van der Waals surface area contributed by atoms with Gasteiger partial charge in [-0.25, -0.2) is 4.98 Å². The minimum atomic E-state index is -0.423. The van der Waals surface area contributed by atoms with E-state index in [9.17, 15) is 4.79 Å². The number of carbonyl (C=O) groups is 1. The zero-order chi connectivity index (χ0) is 13.1. The van der Waals surface area contributed by atoms with Crippen molar-refractivity contribution in [3.05, 3.63) is 52.3 Å². The number of rotatable bonds is 2. The van der Waals surface area contributed by atoms with E-state index in [0.29, 0.717) is 11.4 Å². The van der Waals surface area contributed by atoms with Gasteiger partial charge >= 0.3 is 0 Å². The first-order valence-corrected chi connectivity index (χ1v) is 5.81. The summed E-state index contributed by atoms with van der Waals surface area (Å²) in [5.41, 5.74) is 6.65. The number of anilines is 2. The lowest BCUT2D eigenvalue weighted by Gasteiger charge is -2.09. The van der Waals surface area contributed by atoms with Crippen LogP contribution in [-0.4, -0.2) is 10.9 Å². The van der Waals surface area contributed by atoms with Crippen LogP contribution in [0.1, 0.15) is 10.4 Å². The van der Waals surface area contributed by atoms with Crippen LogP contribution >= 0.6 is 23.2 Å². The van der Waals surface area contributed by atoms with E-state index in [2.05, 4.69) is 10.3 Å². The number of benzene rings is 1. The summed E-state index contributed by atoms with van der Waals surface area (Å²) in [7, 11) is 0. The van der Waals surface area contributed by atoms with E-state index in [1.54, 1.807) is 30.3 Å². The molecular formula is C12H9Cl2N3O. The van der Waals surface area contributed by atoms with Gasteiger partial charge in [0.15, 0.2) is 5.15 Å². The van der Waals surface area contributed by atoms with Gasteiger partial charge < -0.3 is 11.1 Å². The first-order valence-electron chi connectivity index (χ1n) is 5.05. The zero-order valence-electron chi connectivity index (χ0n) is 9.15. The molecule has 0 atom stereocenters. The SMILES string of the molecule is Nc1cccc(Cl)c1C(=O)Nc1cccnc1Cl. The maximum absolute atomic E-state index is 12.0. The molecule has 0 bridgehead atoms. The molecule has 92 valence electrons. The first kappa shape index (κ1) is 12.7. The van der Waals surface area contributed by atoms with Gasteiger partial charge in [0.1, 0.15) is 0 Å². The molecule has 2 rings (SSSR count). The lowest BCUT2D eigenvalue weighted by Crippen LogP contribution is -2.15. The number of halogens is 2. The number of nitrogens with one attached hydrogen (secondary N) is 1. The standard InChI is InChI=1S/C12H9Cl2N3O/c13-7-3-1-4-8(15)10(7)12(18)17-9-5-2-6-16-11(9)14/h1-6H,15H2,(H,17,18). The Kier molecular flexibility index (Phi) is 3.69. The normalized spacial score (nSPS) is 10.1. The van der Waals surface area contributed by atoms with E-state index in [1.165, 1.54) is 6.20 Å². The number of nitrogens with two attached hydrogens (primary N) is 1. The summed E-state index contributed by atoms with van der Waals surface area (Å²) in [5.74, 6) is -0.423. The fourth-order valence-corrected chi connectivity index (χ4v) is 1.88. The Balaban J connectivity index is 2.31. The molecule has 6 heteroatoms. The summed E-state index contributed by atoms with van der Waals surface area (Å²) in [6.07, 6.45) is 1.53. The molecule has 0 fully saturated rings. The molecule has 4 nitrogen and oxygen atoms in total. The number of nitrogen functional groups attached to an aromatic ring is 1. The van der Waals surface area contributed by atoms with E-state index in [-0.39, 0.29) is 15.7 Å². The summed E-state index contributed by atoms with van der Waals surface area (Å²) < 4.78 is 0. The minimum absolute atomic E-state index is 0.205. The summed E-state index contributed by atoms with van der Waals surface area (Å²) in [5, 5.41) is 3.10. The van der Waals surface area contributed by atoms with E-state index >= 15 is 0 Å². The van der Waals surface area contributed by atoms with Crippen molar-refractivity contribution in [1.82, 2.24) is 4.98 Å². The second kappa shape index (κ2) is 5.25. The van der Waals surface area contributed by atoms with Gasteiger partial charge in [-0.05, 0) is 24.3 Å². The number of pyridine rings is 1. The third-order valence-corrected chi connectivity index (χ3v) is 2.90. The molecule has 0 aliphatic heterocycles. The van der Waals surface area contributed by atoms with Gasteiger partial charge in [0, 0.05) is 11.9 Å². The topological polar surface area (TPSA) is 68.0 Å². The summed E-state index contributed by atoms with van der Waals surface area (Å²) in [6, 6.07) is 8.17. The smallest absolute Gasteiger partial charge is 0.259 e. The van der Waals surface area contributed by atoms with Crippen molar-refractivity contribution in [3.8, 4) is 0 Å². The minimum Gasteiger partial charge on any atom is -0.398 e. The summed E-state index contributed by atoms with van der Waals surface area (Å²) >= 11 is 11.8. The fourth-order valence-electron chi connectivity index (χ4n) is 1.44. The van der Waals surface area contributed by atoms with Crippen LogP contribution in [0.5, 0.6) is 0 Å². The highest BCUT2D eigenvalue weighted by Gasteiger charge is 2.15. The highest BCUT2D eigenvalue weighted by Crippen LogP contribution is 2.24. The molecule has 0 aliphatic carbocycles. The monoisotopic (exact) mass is 281 g/mol. The molecule has 1 amide bonds. The van der Waals surface area contributed by atoms with Crippen molar-refractivity contribution in [2.75, 3.05) is 11.1 Å². The number of nitrogens with zero attached hydrogens (tertiary/aromatic N) is 1. The Hall–Kier alpha value is -1.78. The molecule has 0 saturated heterocycles. The van der Waals surface area contributed by atoms with Crippen LogP contribution in [0.15, 0.2) is 36.5 Å². The highest BCUT2D eigenvalue weighted by atomic mass is 35.5. The first-order chi connectivity index (χ1) is 8.59. The number of aromatic nitrogens is 1. The third kappa shape index (κ3) is 2.55. The Morgan fingerprint density at radius 1 is 1.22 bits per heavy atom. The molecule has 1 aromatic carbocycles.